The predicted molar refractivity (Wildman–Crippen MR) is 137 cm³/mol. The molecule has 0 spiro atoms. The molecule has 0 unspecified atom stereocenters. The van der Waals surface area contributed by atoms with Gasteiger partial charge in [-0.05, 0) is 42.2 Å². The SMILES string of the molecule is COc1ccc([C@H]2C3=C(CCCC3=O)Nc3nc(SCc4ccccc4Cl)[nH]c(=O)c32)cc1OC. The monoisotopic (exact) mass is 509 g/mol. The summed E-state index contributed by atoms with van der Waals surface area (Å²) in [4.78, 5) is 34.2. The van der Waals surface area contributed by atoms with Crippen molar-refractivity contribution in [2.45, 2.75) is 36.1 Å². The van der Waals surface area contributed by atoms with Crippen LogP contribution >= 0.6 is 23.4 Å². The summed E-state index contributed by atoms with van der Waals surface area (Å²) < 4.78 is 10.9. The van der Waals surface area contributed by atoms with Crippen molar-refractivity contribution in [3.05, 3.63) is 85.8 Å². The Morgan fingerprint density at radius 1 is 1.09 bits per heavy atom. The van der Waals surface area contributed by atoms with Crippen molar-refractivity contribution in [3.63, 3.8) is 0 Å². The summed E-state index contributed by atoms with van der Waals surface area (Å²) in [5.74, 6) is 1.64. The van der Waals surface area contributed by atoms with E-state index in [0.717, 1.165) is 29.7 Å². The fraction of sp³-hybridized carbons (Fsp3) is 0.269. The van der Waals surface area contributed by atoms with E-state index in [0.29, 0.717) is 50.8 Å². The number of aromatic nitrogens is 2. The molecule has 0 saturated carbocycles. The summed E-state index contributed by atoms with van der Waals surface area (Å²) in [6.07, 6.45) is 1.94. The molecule has 180 valence electrons. The summed E-state index contributed by atoms with van der Waals surface area (Å²) in [7, 11) is 3.13. The number of fused-ring (bicyclic) bond motifs is 1. The maximum atomic E-state index is 13.4. The quantitative estimate of drug-likeness (QED) is 0.344. The molecule has 0 radical (unpaired) electrons. The molecule has 2 N–H and O–H groups in total. The van der Waals surface area contributed by atoms with Crippen molar-refractivity contribution in [2.24, 2.45) is 0 Å². The molecule has 1 aromatic heterocycles. The Morgan fingerprint density at radius 3 is 2.66 bits per heavy atom. The van der Waals surface area contributed by atoms with E-state index in [1.807, 2.05) is 36.4 Å². The molecule has 1 aliphatic carbocycles. The first-order valence-corrected chi connectivity index (χ1v) is 12.6. The summed E-state index contributed by atoms with van der Waals surface area (Å²) in [6, 6.07) is 13.1. The number of aromatic amines is 1. The lowest BCUT2D eigenvalue weighted by Gasteiger charge is -2.33. The molecule has 0 bridgehead atoms. The minimum absolute atomic E-state index is 0.0424. The number of thioether (sulfide) groups is 1. The number of halogens is 1. The van der Waals surface area contributed by atoms with Crippen molar-refractivity contribution in [1.29, 1.82) is 0 Å². The zero-order chi connectivity index (χ0) is 24.5. The molecule has 2 aromatic carbocycles. The van der Waals surface area contributed by atoms with Crippen LogP contribution in [0.1, 0.15) is 41.9 Å². The zero-order valence-corrected chi connectivity index (χ0v) is 20.9. The van der Waals surface area contributed by atoms with E-state index < -0.39 is 5.92 Å². The normalized spacial score (nSPS) is 16.9. The van der Waals surface area contributed by atoms with E-state index in [9.17, 15) is 9.59 Å². The zero-order valence-electron chi connectivity index (χ0n) is 19.3. The highest BCUT2D eigenvalue weighted by Gasteiger charge is 2.38. The number of nitrogens with zero attached hydrogens (tertiary/aromatic N) is 1. The molecule has 1 atom stereocenters. The second-order valence-electron chi connectivity index (χ2n) is 8.35. The first-order chi connectivity index (χ1) is 17.0. The number of benzene rings is 2. The number of rotatable bonds is 6. The van der Waals surface area contributed by atoms with Gasteiger partial charge in [0.1, 0.15) is 5.82 Å². The molecule has 0 saturated heterocycles. The largest absolute Gasteiger partial charge is 0.493 e. The molecular weight excluding hydrogens is 486 g/mol. The van der Waals surface area contributed by atoms with Gasteiger partial charge in [0.2, 0.25) is 0 Å². The summed E-state index contributed by atoms with van der Waals surface area (Å²) in [5.41, 5.74) is 3.33. The molecule has 0 fully saturated rings. The van der Waals surface area contributed by atoms with Crippen LogP contribution in [-0.2, 0) is 10.5 Å². The Bertz CT molecular complexity index is 1400. The summed E-state index contributed by atoms with van der Waals surface area (Å²) in [6.45, 7) is 0. The van der Waals surface area contributed by atoms with Gasteiger partial charge in [-0.15, -0.1) is 0 Å². The highest BCUT2D eigenvalue weighted by Crippen LogP contribution is 2.45. The number of anilines is 1. The first-order valence-electron chi connectivity index (χ1n) is 11.3. The summed E-state index contributed by atoms with van der Waals surface area (Å²) >= 11 is 7.69. The number of Topliss-reactive ketones (excluding diaryl/α,β-unsaturated/α-hetero) is 1. The number of ether oxygens (including phenoxy) is 2. The van der Waals surface area contributed by atoms with Gasteiger partial charge in [-0.25, -0.2) is 4.98 Å². The maximum absolute atomic E-state index is 13.4. The van der Waals surface area contributed by atoms with E-state index in [1.165, 1.54) is 11.8 Å². The number of nitrogens with one attached hydrogen (secondary N) is 2. The highest BCUT2D eigenvalue weighted by molar-refractivity contribution is 7.98. The Hall–Kier alpha value is -3.23. The number of carbonyl (C=O) groups excluding carboxylic acids is 1. The minimum Gasteiger partial charge on any atom is -0.493 e. The molecule has 7 nitrogen and oxygen atoms in total. The van der Waals surface area contributed by atoms with Gasteiger partial charge in [-0.1, -0.05) is 47.6 Å². The Morgan fingerprint density at radius 2 is 1.89 bits per heavy atom. The molecular formula is C26H24ClN3O4S. The van der Waals surface area contributed by atoms with Gasteiger partial charge in [-0.3, -0.25) is 9.59 Å². The molecule has 0 amide bonds. The lowest BCUT2D eigenvalue weighted by molar-refractivity contribution is -0.116. The van der Waals surface area contributed by atoms with Crippen LogP contribution < -0.4 is 20.3 Å². The third-order valence-electron chi connectivity index (χ3n) is 6.30. The number of methoxy groups -OCH3 is 2. The van der Waals surface area contributed by atoms with Gasteiger partial charge >= 0.3 is 0 Å². The highest BCUT2D eigenvalue weighted by atomic mass is 35.5. The lowest BCUT2D eigenvalue weighted by atomic mass is 9.76. The average molecular weight is 510 g/mol. The predicted octanol–water partition coefficient (Wildman–Crippen LogP) is 5.30. The molecule has 5 rings (SSSR count). The Labute approximate surface area is 211 Å². The topological polar surface area (TPSA) is 93.3 Å². The second kappa shape index (κ2) is 9.79. The number of allylic oxidation sites excluding steroid dienone is 2. The number of ketones is 1. The van der Waals surface area contributed by atoms with Crippen LogP contribution in [0.4, 0.5) is 5.82 Å². The fourth-order valence-electron chi connectivity index (χ4n) is 4.64. The molecule has 1 aliphatic heterocycles. The van der Waals surface area contributed by atoms with E-state index in [2.05, 4.69) is 10.3 Å². The van der Waals surface area contributed by atoms with Crippen molar-refractivity contribution in [2.75, 3.05) is 19.5 Å². The van der Waals surface area contributed by atoms with Crippen LogP contribution in [0.2, 0.25) is 5.02 Å². The van der Waals surface area contributed by atoms with Crippen molar-refractivity contribution in [3.8, 4) is 11.5 Å². The van der Waals surface area contributed by atoms with Crippen molar-refractivity contribution >= 4 is 35.0 Å². The van der Waals surface area contributed by atoms with E-state index in [1.54, 1.807) is 20.3 Å². The Kier molecular flexibility index (Phi) is 6.58. The molecule has 35 heavy (non-hydrogen) atoms. The lowest BCUT2D eigenvalue weighted by Crippen LogP contribution is -2.32. The number of hydrogen-bond acceptors (Lipinski definition) is 7. The van der Waals surface area contributed by atoms with Gasteiger partial charge in [0, 0.05) is 34.4 Å². The number of H-pyrrole nitrogens is 1. The third kappa shape index (κ3) is 4.44. The van der Waals surface area contributed by atoms with E-state index >= 15 is 0 Å². The van der Waals surface area contributed by atoms with Crippen LogP contribution in [0.15, 0.2) is 63.7 Å². The second-order valence-corrected chi connectivity index (χ2v) is 9.73. The van der Waals surface area contributed by atoms with Crippen LogP contribution in [0, 0.1) is 0 Å². The molecule has 2 aliphatic rings. The van der Waals surface area contributed by atoms with Crippen molar-refractivity contribution < 1.29 is 14.3 Å². The van der Waals surface area contributed by atoms with Crippen LogP contribution in [0.5, 0.6) is 11.5 Å². The van der Waals surface area contributed by atoms with Crippen LogP contribution in [0.25, 0.3) is 0 Å². The maximum Gasteiger partial charge on any atom is 0.257 e. The molecule has 3 aromatic rings. The van der Waals surface area contributed by atoms with Crippen LogP contribution in [-0.4, -0.2) is 30.0 Å². The smallest absolute Gasteiger partial charge is 0.257 e. The number of hydrogen-bond donors (Lipinski definition) is 2. The fourth-order valence-corrected chi connectivity index (χ4v) is 5.78. The molecule has 9 heteroatoms. The number of carbonyl (C=O) groups is 1. The van der Waals surface area contributed by atoms with E-state index in [4.69, 9.17) is 26.1 Å². The standard InChI is InChI=1S/C26H24ClN3O4S/c1-33-19-11-10-14(12-20(19)34-2)21-22-17(8-5-9-18(22)31)28-24-23(21)25(32)30-26(29-24)35-13-15-6-3-4-7-16(15)27/h3-4,6-7,10-12,21H,5,8-9,13H2,1-2H3,(H2,28,29,30,32)/t21-/m0/s1. The van der Waals surface area contributed by atoms with Gasteiger partial charge in [0.25, 0.3) is 5.56 Å². The minimum atomic E-state index is -0.548. The van der Waals surface area contributed by atoms with Gasteiger partial charge in [0.05, 0.1) is 19.8 Å². The van der Waals surface area contributed by atoms with Gasteiger partial charge < -0.3 is 19.8 Å². The molecule has 2 heterocycles. The van der Waals surface area contributed by atoms with Gasteiger partial charge in [0.15, 0.2) is 22.4 Å². The van der Waals surface area contributed by atoms with Gasteiger partial charge in [-0.2, -0.15) is 0 Å². The van der Waals surface area contributed by atoms with Crippen molar-refractivity contribution in [1.82, 2.24) is 9.97 Å². The van der Waals surface area contributed by atoms with E-state index in [-0.39, 0.29) is 11.3 Å². The first kappa shape index (κ1) is 23.5. The Balaban J connectivity index is 1.59. The third-order valence-corrected chi connectivity index (χ3v) is 7.59. The van der Waals surface area contributed by atoms with Crippen LogP contribution in [0.3, 0.4) is 0 Å². The average Bonchev–Trinajstić information content (AvgIpc) is 2.86. The summed E-state index contributed by atoms with van der Waals surface area (Å²) in [5, 5.41) is 4.46.